The van der Waals surface area contributed by atoms with Crippen LogP contribution in [0, 0.1) is 5.92 Å². The lowest BCUT2D eigenvalue weighted by molar-refractivity contribution is -0.138. The van der Waals surface area contributed by atoms with Crippen LogP contribution in [0.5, 0.6) is 0 Å². The molecule has 3 aromatic rings. The second-order valence-electron chi connectivity index (χ2n) is 8.08. The zero-order valence-electron chi connectivity index (χ0n) is 17.4. The lowest BCUT2D eigenvalue weighted by Crippen LogP contribution is -2.58. The lowest BCUT2D eigenvalue weighted by Gasteiger charge is -2.43. The van der Waals surface area contributed by atoms with E-state index in [4.69, 9.17) is 0 Å². The molecule has 2 saturated heterocycles. The first-order valence-electron chi connectivity index (χ1n) is 10.7. The third kappa shape index (κ3) is 4.41. The van der Waals surface area contributed by atoms with Crippen molar-refractivity contribution >= 4 is 11.7 Å². The van der Waals surface area contributed by atoms with Crippen LogP contribution in [0.25, 0.3) is 5.82 Å². The van der Waals surface area contributed by atoms with E-state index in [1.54, 1.807) is 11.0 Å². The summed E-state index contributed by atoms with van der Waals surface area (Å²) in [5.41, 5.74) is 1.37. The van der Waals surface area contributed by atoms with Crippen molar-refractivity contribution in [1.29, 1.82) is 0 Å². The highest BCUT2D eigenvalue weighted by Gasteiger charge is 2.37. The molecule has 2 aliphatic rings. The van der Waals surface area contributed by atoms with Gasteiger partial charge < -0.3 is 9.80 Å². The molecule has 0 radical (unpaired) electrons. The van der Waals surface area contributed by atoms with Gasteiger partial charge in [0.1, 0.15) is 24.8 Å². The third-order valence-corrected chi connectivity index (χ3v) is 6.09. The number of aromatic nitrogens is 5. The molecule has 0 aliphatic carbocycles. The summed E-state index contributed by atoms with van der Waals surface area (Å²) < 4.78 is 1.60. The Morgan fingerprint density at radius 2 is 1.74 bits per heavy atom. The van der Waals surface area contributed by atoms with Gasteiger partial charge >= 0.3 is 0 Å². The van der Waals surface area contributed by atoms with Crippen molar-refractivity contribution in [2.45, 2.75) is 6.42 Å². The maximum Gasteiger partial charge on any atom is 0.229 e. The zero-order chi connectivity index (χ0) is 21.0. The average Bonchev–Trinajstić information content (AvgIpc) is 3.33. The van der Waals surface area contributed by atoms with E-state index in [-0.39, 0.29) is 11.8 Å². The van der Waals surface area contributed by atoms with E-state index in [1.165, 1.54) is 18.2 Å². The van der Waals surface area contributed by atoms with E-state index in [2.05, 4.69) is 60.2 Å². The molecule has 2 fully saturated rings. The molecule has 9 heteroatoms. The largest absolute Gasteiger partial charge is 0.355 e. The first-order valence-corrected chi connectivity index (χ1v) is 10.7. The highest BCUT2D eigenvalue weighted by Crippen LogP contribution is 2.25. The van der Waals surface area contributed by atoms with Crippen molar-refractivity contribution in [3.63, 3.8) is 0 Å². The van der Waals surface area contributed by atoms with E-state index in [1.807, 2.05) is 11.0 Å². The Balaban J connectivity index is 1.09. The fourth-order valence-electron chi connectivity index (χ4n) is 4.17. The molecule has 9 nitrogen and oxygen atoms in total. The van der Waals surface area contributed by atoms with Crippen LogP contribution in [0.15, 0.2) is 55.4 Å². The molecule has 0 spiro atoms. The SMILES string of the molecule is O=C(C1CN(c2cc(-n3cncn3)ncn2)C1)N1CCN(CCc2ccccc2)CC1. The van der Waals surface area contributed by atoms with Gasteiger partial charge in [-0.15, -0.1) is 0 Å². The van der Waals surface area contributed by atoms with Crippen molar-refractivity contribution in [3.8, 4) is 5.82 Å². The molecule has 1 aromatic carbocycles. The molecule has 2 aromatic heterocycles. The Bertz CT molecular complexity index is 995. The summed E-state index contributed by atoms with van der Waals surface area (Å²) in [6.45, 7) is 5.96. The number of benzene rings is 1. The van der Waals surface area contributed by atoms with E-state index >= 15 is 0 Å². The molecule has 5 rings (SSSR count). The standard InChI is InChI=1S/C22H26N8O/c31-22(28-10-8-27(9-11-28)7-6-18-4-2-1-3-5-18)19-13-29(14-19)20-12-21(25-16-24-20)30-17-23-15-26-30/h1-5,12,15-17,19H,6-11,13-14H2. The van der Waals surface area contributed by atoms with Crippen LogP contribution < -0.4 is 4.90 Å². The minimum Gasteiger partial charge on any atom is -0.355 e. The van der Waals surface area contributed by atoms with Gasteiger partial charge in [-0.2, -0.15) is 5.10 Å². The predicted molar refractivity (Wildman–Crippen MR) is 116 cm³/mol. The van der Waals surface area contributed by atoms with Crippen molar-refractivity contribution < 1.29 is 4.79 Å². The maximum atomic E-state index is 12.9. The molecule has 2 aliphatic heterocycles. The molecule has 0 unspecified atom stereocenters. The van der Waals surface area contributed by atoms with Crippen LogP contribution in [0.2, 0.25) is 0 Å². The van der Waals surface area contributed by atoms with E-state index in [9.17, 15) is 4.79 Å². The highest BCUT2D eigenvalue weighted by atomic mass is 16.2. The summed E-state index contributed by atoms with van der Waals surface area (Å²) in [5, 5.41) is 4.10. The van der Waals surface area contributed by atoms with Gasteiger partial charge in [-0.1, -0.05) is 30.3 Å². The minimum absolute atomic E-state index is 0.0423. The van der Waals surface area contributed by atoms with Gasteiger partial charge in [0.25, 0.3) is 0 Å². The Hall–Kier alpha value is -3.33. The Morgan fingerprint density at radius 3 is 2.48 bits per heavy atom. The summed E-state index contributed by atoms with van der Waals surface area (Å²) in [5.74, 6) is 1.80. The fourth-order valence-corrected chi connectivity index (χ4v) is 4.17. The Morgan fingerprint density at radius 1 is 0.968 bits per heavy atom. The molecule has 4 heterocycles. The number of carbonyl (C=O) groups excluding carboxylic acids is 1. The van der Waals surface area contributed by atoms with Crippen LogP contribution >= 0.6 is 0 Å². The number of nitrogens with zero attached hydrogens (tertiary/aromatic N) is 8. The highest BCUT2D eigenvalue weighted by molar-refractivity contribution is 5.82. The summed E-state index contributed by atoms with van der Waals surface area (Å²) in [6.07, 6.45) is 5.66. The summed E-state index contributed by atoms with van der Waals surface area (Å²) >= 11 is 0. The second kappa shape index (κ2) is 8.81. The Labute approximate surface area is 181 Å². The molecule has 0 bridgehead atoms. The number of rotatable bonds is 6. The molecule has 160 valence electrons. The van der Waals surface area contributed by atoms with E-state index in [0.717, 1.165) is 45.0 Å². The van der Waals surface area contributed by atoms with Crippen LogP contribution in [0.3, 0.4) is 0 Å². The number of carbonyl (C=O) groups is 1. The van der Waals surface area contributed by atoms with Gasteiger partial charge in [-0.05, 0) is 12.0 Å². The van der Waals surface area contributed by atoms with Gasteiger partial charge in [0.2, 0.25) is 5.91 Å². The number of anilines is 1. The van der Waals surface area contributed by atoms with Crippen LogP contribution in [-0.4, -0.2) is 86.3 Å². The smallest absolute Gasteiger partial charge is 0.229 e. The van der Waals surface area contributed by atoms with Gasteiger partial charge in [-0.25, -0.2) is 19.6 Å². The van der Waals surface area contributed by atoms with Crippen LogP contribution in [0.1, 0.15) is 5.56 Å². The van der Waals surface area contributed by atoms with Crippen molar-refractivity contribution in [2.75, 3.05) is 50.7 Å². The van der Waals surface area contributed by atoms with Crippen molar-refractivity contribution in [1.82, 2.24) is 34.5 Å². The molecular weight excluding hydrogens is 392 g/mol. The lowest BCUT2D eigenvalue weighted by atomic mass is 9.98. The Kier molecular flexibility index (Phi) is 5.57. The van der Waals surface area contributed by atoms with Gasteiger partial charge in [0.05, 0.1) is 5.92 Å². The summed E-state index contributed by atoms with van der Waals surface area (Å²) in [6, 6.07) is 12.5. The molecule has 0 saturated carbocycles. The first-order chi connectivity index (χ1) is 15.3. The predicted octanol–water partition coefficient (Wildman–Crippen LogP) is 0.880. The molecule has 31 heavy (non-hydrogen) atoms. The molecule has 0 N–H and O–H groups in total. The topological polar surface area (TPSA) is 83.3 Å². The number of piperazine rings is 1. The summed E-state index contributed by atoms with van der Waals surface area (Å²) in [7, 11) is 0. The molecule has 1 amide bonds. The van der Waals surface area contributed by atoms with Gasteiger partial charge in [0, 0.05) is 51.9 Å². The zero-order valence-corrected chi connectivity index (χ0v) is 17.4. The van der Waals surface area contributed by atoms with Crippen molar-refractivity contribution in [3.05, 3.63) is 60.9 Å². The fraction of sp³-hybridized carbons (Fsp3) is 0.409. The quantitative estimate of drug-likeness (QED) is 0.588. The summed E-state index contributed by atoms with van der Waals surface area (Å²) in [4.78, 5) is 32.1. The molecule has 0 atom stereocenters. The first kappa shape index (κ1) is 19.6. The van der Waals surface area contributed by atoms with Crippen LogP contribution in [0.4, 0.5) is 5.82 Å². The van der Waals surface area contributed by atoms with Gasteiger partial charge in [0.15, 0.2) is 5.82 Å². The van der Waals surface area contributed by atoms with E-state index in [0.29, 0.717) is 18.9 Å². The normalized spacial score (nSPS) is 17.5. The van der Waals surface area contributed by atoms with Gasteiger partial charge in [-0.3, -0.25) is 9.69 Å². The van der Waals surface area contributed by atoms with E-state index < -0.39 is 0 Å². The average molecular weight is 419 g/mol. The van der Waals surface area contributed by atoms with Crippen LogP contribution in [-0.2, 0) is 11.2 Å². The van der Waals surface area contributed by atoms with Crippen molar-refractivity contribution in [2.24, 2.45) is 5.92 Å². The minimum atomic E-state index is 0.0423. The number of hydrogen-bond donors (Lipinski definition) is 0. The molecular formula is C22H26N8O. The second-order valence-corrected chi connectivity index (χ2v) is 8.08. The maximum absolute atomic E-state index is 12.9. The number of amides is 1. The third-order valence-electron chi connectivity index (χ3n) is 6.09. The monoisotopic (exact) mass is 418 g/mol. The number of hydrogen-bond acceptors (Lipinski definition) is 7.